The third-order valence-electron chi connectivity index (χ3n) is 6.45. The van der Waals surface area contributed by atoms with Crippen LogP contribution in [0.3, 0.4) is 0 Å². The van der Waals surface area contributed by atoms with Crippen LogP contribution in [0.2, 0.25) is 0 Å². The molecule has 0 unspecified atom stereocenters. The van der Waals surface area contributed by atoms with Gasteiger partial charge in [0.15, 0.2) is 0 Å². The van der Waals surface area contributed by atoms with Gasteiger partial charge in [-0.25, -0.2) is 0 Å². The van der Waals surface area contributed by atoms with Crippen molar-refractivity contribution in [3.63, 3.8) is 0 Å². The number of carbonyl (C=O) groups excluding carboxylic acids is 2. The molecule has 0 fully saturated rings. The Morgan fingerprint density at radius 3 is 2.70 bits per heavy atom. The second kappa shape index (κ2) is 7.63. The third-order valence-corrected chi connectivity index (χ3v) is 6.45. The molecule has 1 aliphatic carbocycles. The highest BCUT2D eigenvalue weighted by atomic mass is 16.2. The number of benzene rings is 2. The van der Waals surface area contributed by atoms with Gasteiger partial charge in [0.25, 0.3) is 5.91 Å². The summed E-state index contributed by atoms with van der Waals surface area (Å²) in [5.41, 5.74) is 7.37. The predicted octanol–water partition coefficient (Wildman–Crippen LogP) is 4.99. The van der Waals surface area contributed by atoms with E-state index < -0.39 is 0 Å². The average molecular weight is 402 g/mol. The van der Waals surface area contributed by atoms with E-state index in [1.165, 1.54) is 35.9 Å². The lowest BCUT2D eigenvalue weighted by atomic mass is 10.0. The molecule has 5 rings (SSSR count). The molecule has 1 aromatic heterocycles. The van der Waals surface area contributed by atoms with E-state index in [9.17, 15) is 9.59 Å². The Bertz CT molecular complexity index is 1140. The Balaban J connectivity index is 1.41. The highest BCUT2D eigenvalue weighted by Crippen LogP contribution is 2.31. The third kappa shape index (κ3) is 3.38. The van der Waals surface area contributed by atoms with Crippen LogP contribution in [0.5, 0.6) is 0 Å². The average Bonchev–Trinajstić information content (AvgIpc) is 2.92. The Morgan fingerprint density at radius 1 is 0.967 bits per heavy atom. The van der Waals surface area contributed by atoms with Crippen LogP contribution in [0.15, 0.2) is 36.4 Å². The van der Waals surface area contributed by atoms with E-state index in [0.29, 0.717) is 5.56 Å². The van der Waals surface area contributed by atoms with E-state index in [-0.39, 0.29) is 11.8 Å². The highest BCUT2D eigenvalue weighted by Gasteiger charge is 2.21. The summed E-state index contributed by atoms with van der Waals surface area (Å²) in [5.74, 6) is -0.0358. The maximum absolute atomic E-state index is 13.0. The molecule has 0 spiro atoms. The smallest absolute Gasteiger partial charge is 0.255 e. The number of nitrogens with zero attached hydrogens (tertiary/aromatic N) is 1. The number of aromatic nitrogens is 1. The molecular formula is C25H27N3O2. The van der Waals surface area contributed by atoms with Gasteiger partial charge in [-0.2, -0.15) is 0 Å². The first-order valence-corrected chi connectivity index (χ1v) is 11.0. The summed E-state index contributed by atoms with van der Waals surface area (Å²) in [6.45, 7) is 2.36. The topological polar surface area (TPSA) is 65.2 Å². The lowest BCUT2D eigenvalue weighted by Gasteiger charge is -2.29. The van der Waals surface area contributed by atoms with Crippen LogP contribution in [0.4, 0.5) is 11.4 Å². The molecule has 0 saturated carbocycles. The fourth-order valence-corrected chi connectivity index (χ4v) is 4.93. The number of aromatic amines is 1. The van der Waals surface area contributed by atoms with Crippen molar-refractivity contribution in [1.29, 1.82) is 0 Å². The maximum Gasteiger partial charge on any atom is 0.255 e. The van der Waals surface area contributed by atoms with Crippen LogP contribution in [-0.4, -0.2) is 23.3 Å². The zero-order chi connectivity index (χ0) is 20.7. The maximum atomic E-state index is 13.0. The summed E-state index contributed by atoms with van der Waals surface area (Å²) in [6.07, 6.45) is 7.75. The monoisotopic (exact) mass is 401 g/mol. The van der Waals surface area contributed by atoms with Gasteiger partial charge in [-0.3, -0.25) is 9.59 Å². The molecular weight excluding hydrogens is 374 g/mol. The van der Waals surface area contributed by atoms with Gasteiger partial charge in [0.05, 0.1) is 0 Å². The molecule has 30 heavy (non-hydrogen) atoms. The molecule has 0 atom stereocenters. The van der Waals surface area contributed by atoms with Crippen LogP contribution in [0.1, 0.15) is 59.8 Å². The molecule has 3 aromatic rings. The minimum atomic E-state index is -0.0975. The Kier molecular flexibility index (Phi) is 4.81. The van der Waals surface area contributed by atoms with Crippen LogP contribution in [0, 0.1) is 0 Å². The molecule has 5 nitrogen and oxygen atoms in total. The van der Waals surface area contributed by atoms with Crippen LogP contribution in [-0.2, 0) is 24.1 Å². The first kappa shape index (κ1) is 18.9. The number of rotatable bonds is 2. The van der Waals surface area contributed by atoms with Gasteiger partial charge in [0.1, 0.15) is 0 Å². The van der Waals surface area contributed by atoms with Crippen molar-refractivity contribution in [2.24, 2.45) is 0 Å². The van der Waals surface area contributed by atoms with Crippen molar-refractivity contribution in [2.45, 2.75) is 51.9 Å². The molecule has 2 aromatic carbocycles. The standard InChI is InChI=1S/C25H27N3O2/c1-16(29)28-13-5-6-17-14-19(10-12-24(17)28)26-25(30)18-9-11-23-21(15-18)20-7-3-2-4-8-22(20)27-23/h9-12,14-15,27H,2-8,13H2,1H3,(H,26,30). The lowest BCUT2D eigenvalue weighted by Crippen LogP contribution is -2.33. The molecule has 0 radical (unpaired) electrons. The molecule has 2 N–H and O–H groups in total. The number of anilines is 2. The largest absolute Gasteiger partial charge is 0.358 e. The quantitative estimate of drug-likeness (QED) is 0.594. The second-order valence-electron chi connectivity index (χ2n) is 8.47. The van der Waals surface area contributed by atoms with Crippen LogP contribution >= 0.6 is 0 Å². The number of aryl methyl sites for hydroxylation is 3. The zero-order valence-electron chi connectivity index (χ0n) is 17.4. The van der Waals surface area contributed by atoms with Gasteiger partial charge in [0, 0.05) is 47.0 Å². The molecule has 2 aliphatic rings. The summed E-state index contributed by atoms with van der Waals surface area (Å²) in [6, 6.07) is 11.8. The zero-order valence-corrected chi connectivity index (χ0v) is 17.4. The van der Waals surface area contributed by atoms with Gasteiger partial charge < -0.3 is 15.2 Å². The fraction of sp³-hybridized carbons (Fsp3) is 0.360. The second-order valence-corrected chi connectivity index (χ2v) is 8.47. The van der Waals surface area contributed by atoms with Crippen molar-refractivity contribution < 1.29 is 9.59 Å². The molecule has 2 heterocycles. The summed E-state index contributed by atoms with van der Waals surface area (Å²) in [4.78, 5) is 30.2. The van der Waals surface area contributed by atoms with Crippen molar-refractivity contribution in [3.05, 3.63) is 58.8 Å². The molecule has 1 aliphatic heterocycles. The number of fused-ring (bicyclic) bond motifs is 4. The van der Waals surface area contributed by atoms with E-state index in [0.717, 1.165) is 54.7 Å². The van der Waals surface area contributed by atoms with Gasteiger partial charge in [-0.15, -0.1) is 0 Å². The minimum absolute atomic E-state index is 0.0617. The van der Waals surface area contributed by atoms with Crippen molar-refractivity contribution in [2.75, 3.05) is 16.8 Å². The van der Waals surface area contributed by atoms with Crippen molar-refractivity contribution in [3.8, 4) is 0 Å². The lowest BCUT2D eigenvalue weighted by molar-refractivity contribution is -0.116. The van der Waals surface area contributed by atoms with Crippen LogP contribution in [0.25, 0.3) is 10.9 Å². The fourth-order valence-electron chi connectivity index (χ4n) is 4.93. The number of H-pyrrole nitrogens is 1. The summed E-state index contributed by atoms with van der Waals surface area (Å²) in [7, 11) is 0. The molecule has 0 bridgehead atoms. The number of carbonyl (C=O) groups is 2. The Hall–Kier alpha value is -3.08. The van der Waals surface area contributed by atoms with E-state index >= 15 is 0 Å². The Morgan fingerprint density at radius 2 is 1.83 bits per heavy atom. The van der Waals surface area contributed by atoms with Gasteiger partial charge in [0.2, 0.25) is 5.91 Å². The Labute approximate surface area is 176 Å². The normalized spacial score (nSPS) is 16.0. The number of amides is 2. The molecule has 154 valence electrons. The molecule has 5 heteroatoms. The van der Waals surface area contributed by atoms with E-state index in [4.69, 9.17) is 0 Å². The predicted molar refractivity (Wildman–Crippen MR) is 120 cm³/mol. The van der Waals surface area contributed by atoms with Crippen LogP contribution < -0.4 is 10.2 Å². The van der Waals surface area contributed by atoms with Crippen molar-refractivity contribution in [1.82, 2.24) is 4.98 Å². The minimum Gasteiger partial charge on any atom is -0.358 e. The first-order valence-electron chi connectivity index (χ1n) is 11.0. The number of hydrogen-bond acceptors (Lipinski definition) is 2. The number of nitrogens with one attached hydrogen (secondary N) is 2. The molecule has 0 saturated heterocycles. The summed E-state index contributed by atoms with van der Waals surface area (Å²) >= 11 is 0. The van der Waals surface area contributed by atoms with Gasteiger partial charge in [-0.05, 0) is 86.1 Å². The van der Waals surface area contributed by atoms with E-state index in [2.05, 4.69) is 10.3 Å². The molecule has 2 amide bonds. The summed E-state index contributed by atoms with van der Waals surface area (Å²) < 4.78 is 0. The van der Waals surface area contributed by atoms with Crippen molar-refractivity contribution >= 4 is 34.1 Å². The van der Waals surface area contributed by atoms with E-state index in [1.54, 1.807) is 6.92 Å². The highest BCUT2D eigenvalue weighted by molar-refractivity contribution is 6.07. The first-order chi connectivity index (χ1) is 14.6. The SMILES string of the molecule is CC(=O)N1CCCc2cc(NC(=O)c3ccc4[nH]c5c(c4c3)CCCCC5)ccc21. The van der Waals surface area contributed by atoms with Gasteiger partial charge >= 0.3 is 0 Å². The van der Waals surface area contributed by atoms with Gasteiger partial charge in [-0.1, -0.05) is 6.42 Å². The number of hydrogen-bond donors (Lipinski definition) is 2. The summed E-state index contributed by atoms with van der Waals surface area (Å²) in [5, 5.41) is 4.23. The van der Waals surface area contributed by atoms with E-state index in [1.807, 2.05) is 41.3 Å².